The van der Waals surface area contributed by atoms with Crippen LogP contribution in [0.15, 0.2) is 102 Å². The number of allylic oxidation sites excluding steroid dienone is 4. The highest BCUT2D eigenvalue weighted by Gasteiger charge is 2.21. The number of nitrogens with one attached hydrogen (secondary N) is 1. The van der Waals surface area contributed by atoms with E-state index < -0.39 is 0 Å². The van der Waals surface area contributed by atoms with E-state index in [0.29, 0.717) is 5.92 Å². The lowest BCUT2D eigenvalue weighted by atomic mass is 9.87. The summed E-state index contributed by atoms with van der Waals surface area (Å²) in [5.41, 5.74) is 8.11. The first-order valence-electron chi connectivity index (χ1n) is 10.3. The molecule has 0 radical (unpaired) electrons. The Morgan fingerprint density at radius 1 is 0.897 bits per heavy atom. The van der Waals surface area contributed by atoms with E-state index in [1.165, 1.54) is 16.3 Å². The highest BCUT2D eigenvalue weighted by molar-refractivity contribution is 6.01. The molecule has 1 N–H and O–H groups in total. The van der Waals surface area contributed by atoms with E-state index in [4.69, 9.17) is 5.10 Å². The van der Waals surface area contributed by atoms with Crippen LogP contribution in [0.2, 0.25) is 0 Å². The molecule has 4 rings (SSSR count). The highest BCUT2D eigenvalue weighted by atomic mass is 15.3. The van der Waals surface area contributed by atoms with Gasteiger partial charge in [0.15, 0.2) is 0 Å². The van der Waals surface area contributed by atoms with E-state index in [0.717, 1.165) is 23.4 Å². The summed E-state index contributed by atoms with van der Waals surface area (Å²) in [6, 6.07) is 25.2. The van der Waals surface area contributed by atoms with Gasteiger partial charge >= 0.3 is 0 Å². The number of hydrogen-bond donors (Lipinski definition) is 1. The van der Waals surface area contributed by atoms with Gasteiger partial charge in [0.25, 0.3) is 0 Å². The van der Waals surface area contributed by atoms with Crippen LogP contribution in [-0.4, -0.2) is 5.71 Å². The summed E-state index contributed by atoms with van der Waals surface area (Å²) in [6.07, 6.45) is 7.83. The number of hydrazone groups is 1. The van der Waals surface area contributed by atoms with E-state index in [9.17, 15) is 0 Å². The fourth-order valence-corrected chi connectivity index (χ4v) is 3.67. The summed E-state index contributed by atoms with van der Waals surface area (Å²) in [5, 5.41) is 7.28. The van der Waals surface area contributed by atoms with Crippen LogP contribution in [0.25, 0.3) is 10.8 Å². The van der Waals surface area contributed by atoms with Crippen molar-refractivity contribution in [3.8, 4) is 0 Å². The molecule has 0 saturated heterocycles. The van der Waals surface area contributed by atoms with Gasteiger partial charge in [0.05, 0.1) is 11.4 Å². The molecule has 146 valence electrons. The number of fused-ring (bicyclic) bond motifs is 1. The highest BCUT2D eigenvalue weighted by Crippen LogP contribution is 2.33. The molecule has 0 aromatic heterocycles. The Kier molecular flexibility index (Phi) is 5.35. The fraction of sp³-hybridized carbons (Fsp3) is 0.222. The summed E-state index contributed by atoms with van der Waals surface area (Å²) in [7, 11) is 0. The number of nitrogens with zero attached hydrogens (tertiary/aromatic N) is 1. The van der Waals surface area contributed by atoms with Crippen LogP contribution in [0.5, 0.6) is 0 Å². The van der Waals surface area contributed by atoms with Gasteiger partial charge in [-0.25, -0.2) is 0 Å². The largest absolute Gasteiger partial charge is 0.278 e. The van der Waals surface area contributed by atoms with Crippen LogP contribution in [-0.2, 0) is 0 Å². The van der Waals surface area contributed by atoms with Crippen molar-refractivity contribution in [2.75, 3.05) is 5.43 Å². The molecule has 2 heteroatoms. The van der Waals surface area contributed by atoms with Gasteiger partial charge in [-0.1, -0.05) is 99.7 Å². The maximum atomic E-state index is 4.83. The average Bonchev–Trinajstić information content (AvgIpc) is 3.21. The molecule has 0 heterocycles. The first-order valence-corrected chi connectivity index (χ1v) is 10.3. The minimum absolute atomic E-state index is 0.179. The van der Waals surface area contributed by atoms with Gasteiger partial charge in [0, 0.05) is 12.3 Å². The molecule has 1 aliphatic carbocycles. The van der Waals surface area contributed by atoms with Gasteiger partial charge < -0.3 is 0 Å². The number of rotatable bonds is 5. The van der Waals surface area contributed by atoms with E-state index in [2.05, 4.69) is 111 Å². The van der Waals surface area contributed by atoms with Gasteiger partial charge in [-0.05, 0) is 39.5 Å². The van der Waals surface area contributed by atoms with Gasteiger partial charge in [0.2, 0.25) is 0 Å². The molecule has 0 amide bonds. The van der Waals surface area contributed by atoms with Crippen molar-refractivity contribution in [1.82, 2.24) is 0 Å². The standard InChI is InChI=1S/C27H28N2/c1-27(2,3)24-15-13-20(17-24)18-26(22-10-5-4-6-11-22)29-28-25-16-14-21-9-7-8-12-23(21)19-25/h4-17,19-20,28H,18H2,1-3H3. The maximum absolute atomic E-state index is 4.83. The molecule has 3 aromatic rings. The summed E-state index contributed by atoms with van der Waals surface area (Å²) < 4.78 is 0. The van der Waals surface area contributed by atoms with E-state index >= 15 is 0 Å². The summed E-state index contributed by atoms with van der Waals surface area (Å²) in [4.78, 5) is 0. The van der Waals surface area contributed by atoms with Crippen LogP contribution in [0.4, 0.5) is 5.69 Å². The summed E-state index contributed by atoms with van der Waals surface area (Å²) in [5.74, 6) is 0.376. The minimum atomic E-state index is 0.179. The Bertz CT molecular complexity index is 1080. The number of hydrogen-bond acceptors (Lipinski definition) is 2. The molecule has 3 aromatic carbocycles. The van der Waals surface area contributed by atoms with E-state index in [1.807, 2.05) is 6.07 Å². The number of benzene rings is 3. The zero-order chi connectivity index (χ0) is 20.3. The molecule has 2 nitrogen and oxygen atoms in total. The van der Waals surface area contributed by atoms with Crippen molar-refractivity contribution in [2.45, 2.75) is 27.2 Å². The lowest BCUT2D eigenvalue weighted by Crippen LogP contribution is -2.10. The van der Waals surface area contributed by atoms with Crippen molar-refractivity contribution < 1.29 is 0 Å². The quantitative estimate of drug-likeness (QED) is 0.367. The zero-order valence-electron chi connectivity index (χ0n) is 17.4. The maximum Gasteiger partial charge on any atom is 0.0688 e. The molecule has 0 aliphatic heterocycles. The number of anilines is 1. The van der Waals surface area contributed by atoms with Gasteiger partial charge in [-0.2, -0.15) is 5.10 Å². The van der Waals surface area contributed by atoms with Gasteiger partial charge in [-0.15, -0.1) is 0 Å². The normalized spacial score (nSPS) is 16.9. The van der Waals surface area contributed by atoms with Crippen molar-refractivity contribution in [1.29, 1.82) is 0 Å². The second-order valence-corrected chi connectivity index (χ2v) is 8.70. The van der Waals surface area contributed by atoms with Crippen LogP contribution < -0.4 is 5.43 Å². The molecule has 0 bridgehead atoms. The summed E-state index contributed by atoms with van der Waals surface area (Å²) >= 11 is 0. The van der Waals surface area contributed by atoms with Crippen LogP contribution in [0, 0.1) is 11.3 Å². The first-order chi connectivity index (χ1) is 14.0. The van der Waals surface area contributed by atoms with Crippen molar-refractivity contribution in [3.05, 3.63) is 102 Å². The van der Waals surface area contributed by atoms with Gasteiger partial charge in [-0.3, -0.25) is 5.43 Å². The third-order valence-electron chi connectivity index (χ3n) is 5.39. The molecule has 1 aliphatic rings. The Morgan fingerprint density at radius 3 is 2.34 bits per heavy atom. The fourth-order valence-electron chi connectivity index (χ4n) is 3.67. The third kappa shape index (κ3) is 4.65. The summed E-state index contributed by atoms with van der Waals surface area (Å²) in [6.45, 7) is 6.79. The molecular weight excluding hydrogens is 352 g/mol. The second-order valence-electron chi connectivity index (χ2n) is 8.70. The lowest BCUT2D eigenvalue weighted by molar-refractivity contribution is 0.516. The Hall–Kier alpha value is -3.13. The van der Waals surface area contributed by atoms with Crippen LogP contribution in [0.1, 0.15) is 32.8 Å². The van der Waals surface area contributed by atoms with Gasteiger partial charge in [0.1, 0.15) is 0 Å². The molecule has 0 fully saturated rings. The van der Waals surface area contributed by atoms with Crippen LogP contribution >= 0.6 is 0 Å². The lowest BCUT2D eigenvalue weighted by Gasteiger charge is -2.18. The molecule has 29 heavy (non-hydrogen) atoms. The predicted octanol–water partition coefficient (Wildman–Crippen LogP) is 7.20. The molecule has 0 saturated carbocycles. The Labute approximate surface area is 173 Å². The molecule has 1 unspecified atom stereocenters. The third-order valence-corrected chi connectivity index (χ3v) is 5.39. The average molecular weight is 381 g/mol. The zero-order valence-corrected chi connectivity index (χ0v) is 17.4. The molecule has 1 atom stereocenters. The predicted molar refractivity (Wildman–Crippen MR) is 125 cm³/mol. The van der Waals surface area contributed by atoms with E-state index in [-0.39, 0.29) is 5.41 Å². The van der Waals surface area contributed by atoms with Crippen molar-refractivity contribution in [2.24, 2.45) is 16.4 Å². The SMILES string of the molecule is CC(C)(C)C1=CC(CC(=NNc2ccc3ccccc3c2)c2ccccc2)C=C1. The Morgan fingerprint density at radius 2 is 1.62 bits per heavy atom. The van der Waals surface area contributed by atoms with Crippen molar-refractivity contribution in [3.63, 3.8) is 0 Å². The smallest absolute Gasteiger partial charge is 0.0688 e. The topological polar surface area (TPSA) is 24.4 Å². The van der Waals surface area contributed by atoms with Crippen molar-refractivity contribution >= 4 is 22.2 Å². The first kappa shape index (κ1) is 19.2. The molecule has 0 spiro atoms. The van der Waals surface area contributed by atoms with E-state index in [1.54, 1.807) is 0 Å². The Balaban J connectivity index is 1.59. The van der Waals surface area contributed by atoms with Crippen LogP contribution in [0.3, 0.4) is 0 Å². The monoisotopic (exact) mass is 380 g/mol. The minimum Gasteiger partial charge on any atom is -0.278 e. The molecular formula is C27H28N2. The second kappa shape index (κ2) is 8.08.